The van der Waals surface area contributed by atoms with Crippen LogP contribution < -0.4 is 10.6 Å². The normalized spacial score (nSPS) is 13.7. The predicted octanol–water partition coefficient (Wildman–Crippen LogP) is 3.15. The SMILES string of the molecule is CCNC(=NCC(C)c1cccs1)NCC(O)c1ccncc1.I. The molecule has 0 fully saturated rings. The lowest BCUT2D eigenvalue weighted by atomic mass is 10.1. The van der Waals surface area contributed by atoms with Gasteiger partial charge in [0.15, 0.2) is 5.96 Å². The van der Waals surface area contributed by atoms with Crippen LogP contribution in [0.25, 0.3) is 0 Å². The summed E-state index contributed by atoms with van der Waals surface area (Å²) >= 11 is 1.76. The first-order valence-corrected chi connectivity index (χ1v) is 8.72. The second kappa shape index (κ2) is 11.4. The number of pyridine rings is 1. The highest BCUT2D eigenvalue weighted by atomic mass is 127. The average Bonchev–Trinajstić information content (AvgIpc) is 3.12. The van der Waals surface area contributed by atoms with E-state index in [1.165, 1.54) is 4.88 Å². The second-order valence-electron chi connectivity index (χ2n) is 5.31. The molecule has 2 aromatic rings. The topological polar surface area (TPSA) is 69.5 Å². The first-order chi connectivity index (χ1) is 11.2. The Bertz CT molecular complexity index is 592. The fourth-order valence-electron chi connectivity index (χ4n) is 2.13. The maximum atomic E-state index is 10.2. The van der Waals surface area contributed by atoms with Crippen LogP contribution in [-0.2, 0) is 0 Å². The van der Waals surface area contributed by atoms with Gasteiger partial charge in [0.1, 0.15) is 0 Å². The Hall–Kier alpha value is -1.19. The van der Waals surface area contributed by atoms with Crippen molar-refractivity contribution >= 4 is 41.3 Å². The zero-order chi connectivity index (χ0) is 16.5. The average molecular weight is 460 g/mol. The Balaban J connectivity index is 0.00000288. The van der Waals surface area contributed by atoms with Gasteiger partial charge < -0.3 is 15.7 Å². The third kappa shape index (κ3) is 6.74. The van der Waals surface area contributed by atoms with Crippen molar-refractivity contribution in [3.63, 3.8) is 0 Å². The Morgan fingerprint density at radius 1 is 1.29 bits per heavy atom. The minimum Gasteiger partial charge on any atom is -0.387 e. The van der Waals surface area contributed by atoms with Crippen LogP contribution in [0.1, 0.15) is 36.3 Å². The molecule has 0 aromatic carbocycles. The fourth-order valence-corrected chi connectivity index (χ4v) is 2.91. The third-order valence-corrected chi connectivity index (χ3v) is 4.55. The number of nitrogens with one attached hydrogen (secondary N) is 2. The molecule has 5 nitrogen and oxygen atoms in total. The van der Waals surface area contributed by atoms with Gasteiger partial charge in [-0.25, -0.2) is 0 Å². The van der Waals surface area contributed by atoms with Gasteiger partial charge in [0, 0.05) is 36.3 Å². The second-order valence-corrected chi connectivity index (χ2v) is 6.29. The van der Waals surface area contributed by atoms with Crippen LogP contribution in [0.15, 0.2) is 47.0 Å². The first-order valence-electron chi connectivity index (χ1n) is 7.84. The molecule has 0 aliphatic carbocycles. The highest BCUT2D eigenvalue weighted by Gasteiger charge is 2.09. The Morgan fingerprint density at radius 3 is 2.67 bits per heavy atom. The Morgan fingerprint density at radius 2 is 2.04 bits per heavy atom. The predicted molar refractivity (Wildman–Crippen MR) is 111 cm³/mol. The van der Waals surface area contributed by atoms with Crippen molar-refractivity contribution in [1.29, 1.82) is 0 Å². The van der Waals surface area contributed by atoms with Crippen LogP contribution in [0.2, 0.25) is 0 Å². The van der Waals surface area contributed by atoms with Crippen molar-refractivity contribution in [2.75, 3.05) is 19.6 Å². The van der Waals surface area contributed by atoms with E-state index in [4.69, 9.17) is 0 Å². The molecule has 7 heteroatoms. The van der Waals surface area contributed by atoms with Gasteiger partial charge in [-0.3, -0.25) is 9.98 Å². The number of guanidine groups is 1. The maximum absolute atomic E-state index is 10.2. The van der Waals surface area contributed by atoms with Gasteiger partial charge in [0.25, 0.3) is 0 Å². The molecule has 0 bridgehead atoms. The number of aromatic nitrogens is 1. The number of hydrogen-bond donors (Lipinski definition) is 3. The van der Waals surface area contributed by atoms with Crippen molar-refractivity contribution in [2.45, 2.75) is 25.9 Å². The lowest BCUT2D eigenvalue weighted by Crippen LogP contribution is -2.39. The van der Waals surface area contributed by atoms with E-state index < -0.39 is 6.10 Å². The summed E-state index contributed by atoms with van der Waals surface area (Å²) in [5.41, 5.74) is 0.843. The maximum Gasteiger partial charge on any atom is 0.191 e. The molecule has 2 heterocycles. The van der Waals surface area contributed by atoms with Gasteiger partial charge in [-0.15, -0.1) is 35.3 Å². The molecule has 0 radical (unpaired) electrons. The van der Waals surface area contributed by atoms with E-state index >= 15 is 0 Å². The molecule has 132 valence electrons. The van der Waals surface area contributed by atoms with Crippen LogP contribution in [0.4, 0.5) is 0 Å². The molecule has 2 rings (SSSR count). The number of aliphatic hydroxyl groups excluding tert-OH is 1. The molecular formula is C17H25IN4OS. The van der Waals surface area contributed by atoms with E-state index in [9.17, 15) is 5.11 Å². The van der Waals surface area contributed by atoms with Crippen LogP contribution in [0.3, 0.4) is 0 Å². The molecule has 0 aliphatic rings. The van der Waals surface area contributed by atoms with Gasteiger partial charge in [-0.05, 0) is 36.1 Å². The van der Waals surface area contributed by atoms with E-state index in [-0.39, 0.29) is 24.0 Å². The lowest BCUT2D eigenvalue weighted by Gasteiger charge is -2.16. The van der Waals surface area contributed by atoms with Crippen molar-refractivity contribution in [1.82, 2.24) is 15.6 Å². The largest absolute Gasteiger partial charge is 0.387 e. The minimum absolute atomic E-state index is 0. The summed E-state index contributed by atoms with van der Waals surface area (Å²) in [5.74, 6) is 1.11. The summed E-state index contributed by atoms with van der Waals surface area (Å²) < 4.78 is 0. The standard InChI is InChI=1S/C17H24N4OS.HI/c1-3-19-17(20-11-13(2)16-5-4-10-23-16)21-12-15(22)14-6-8-18-9-7-14;/h4-10,13,15,22H,3,11-12H2,1-2H3,(H2,19,20,21);1H. The number of thiophene rings is 1. The quantitative estimate of drug-likeness (QED) is 0.338. The zero-order valence-corrected chi connectivity index (χ0v) is 17.1. The number of rotatable bonds is 7. The van der Waals surface area contributed by atoms with Crippen LogP contribution >= 0.6 is 35.3 Å². The molecule has 0 spiro atoms. The van der Waals surface area contributed by atoms with Crippen LogP contribution in [-0.4, -0.2) is 35.7 Å². The van der Waals surface area contributed by atoms with Gasteiger partial charge in [0.2, 0.25) is 0 Å². The van der Waals surface area contributed by atoms with Crippen molar-refractivity contribution in [3.05, 3.63) is 52.5 Å². The molecule has 0 saturated carbocycles. The molecule has 2 atom stereocenters. The molecule has 2 aromatic heterocycles. The van der Waals surface area contributed by atoms with Gasteiger partial charge >= 0.3 is 0 Å². The smallest absolute Gasteiger partial charge is 0.191 e. The van der Waals surface area contributed by atoms with Crippen molar-refractivity contribution < 1.29 is 5.11 Å². The number of aliphatic hydroxyl groups is 1. The summed E-state index contributed by atoms with van der Waals surface area (Å²) in [4.78, 5) is 9.91. The Labute approximate surface area is 164 Å². The number of halogens is 1. The number of hydrogen-bond acceptors (Lipinski definition) is 4. The van der Waals surface area contributed by atoms with Gasteiger partial charge in [-0.1, -0.05) is 13.0 Å². The highest BCUT2D eigenvalue weighted by molar-refractivity contribution is 14.0. The van der Waals surface area contributed by atoms with E-state index in [0.717, 1.165) is 18.1 Å². The molecule has 0 saturated heterocycles. The number of aliphatic imine (C=N–C) groups is 1. The van der Waals surface area contributed by atoms with Crippen LogP contribution in [0, 0.1) is 0 Å². The molecular weight excluding hydrogens is 435 g/mol. The summed E-state index contributed by atoms with van der Waals surface area (Å²) in [6.07, 6.45) is 2.78. The summed E-state index contributed by atoms with van der Waals surface area (Å²) in [6, 6.07) is 7.83. The lowest BCUT2D eigenvalue weighted by molar-refractivity contribution is 0.180. The summed E-state index contributed by atoms with van der Waals surface area (Å²) in [7, 11) is 0. The highest BCUT2D eigenvalue weighted by Crippen LogP contribution is 2.20. The molecule has 3 N–H and O–H groups in total. The van der Waals surface area contributed by atoms with Gasteiger partial charge in [-0.2, -0.15) is 0 Å². The molecule has 0 amide bonds. The first kappa shape index (κ1) is 20.9. The van der Waals surface area contributed by atoms with E-state index in [2.05, 4.69) is 45.0 Å². The molecule has 0 aliphatic heterocycles. The van der Waals surface area contributed by atoms with Crippen molar-refractivity contribution in [2.24, 2.45) is 4.99 Å². The minimum atomic E-state index is -0.587. The van der Waals surface area contributed by atoms with Gasteiger partial charge in [0.05, 0.1) is 12.6 Å². The molecule has 2 unspecified atom stereocenters. The van der Waals surface area contributed by atoms with E-state index in [0.29, 0.717) is 19.0 Å². The number of nitrogens with zero attached hydrogens (tertiary/aromatic N) is 2. The van der Waals surface area contributed by atoms with Crippen LogP contribution in [0.5, 0.6) is 0 Å². The van der Waals surface area contributed by atoms with Crippen molar-refractivity contribution in [3.8, 4) is 0 Å². The van der Waals surface area contributed by atoms with E-state index in [1.807, 2.05) is 19.1 Å². The Kier molecular flexibility index (Phi) is 9.89. The molecule has 24 heavy (non-hydrogen) atoms. The van der Waals surface area contributed by atoms with E-state index in [1.54, 1.807) is 23.7 Å². The third-order valence-electron chi connectivity index (χ3n) is 3.45. The fraction of sp³-hybridized carbons (Fsp3) is 0.412. The zero-order valence-electron chi connectivity index (χ0n) is 14.0. The summed E-state index contributed by atoms with van der Waals surface area (Å²) in [5, 5.41) is 18.7. The summed E-state index contributed by atoms with van der Waals surface area (Å²) in [6.45, 7) is 6.10. The monoisotopic (exact) mass is 460 g/mol.